The number of nitrogens with two attached hydrogens (primary N) is 1. The highest BCUT2D eigenvalue weighted by molar-refractivity contribution is 5.45. The van der Waals surface area contributed by atoms with Crippen LogP contribution in [0.3, 0.4) is 0 Å². The monoisotopic (exact) mass is 192 g/mol. The summed E-state index contributed by atoms with van der Waals surface area (Å²) in [6, 6.07) is 4.37. The second kappa shape index (κ2) is 4.28. The average molecular weight is 192 g/mol. The number of hydrogen-bond donors (Lipinski definition) is 3. The number of anilines is 2. The Hall–Kier alpha value is -1.29. The highest BCUT2D eigenvalue weighted by Crippen LogP contribution is 2.09. The summed E-state index contributed by atoms with van der Waals surface area (Å²) < 4.78 is 0. The Labute approximate surface area is 83.9 Å². The van der Waals surface area contributed by atoms with Gasteiger partial charge in [-0.25, -0.2) is 4.98 Å². The van der Waals surface area contributed by atoms with Crippen LogP contribution in [0, 0.1) is 0 Å². The minimum atomic E-state index is 0.564. The topological polar surface area (TPSA) is 63.0 Å². The average Bonchev–Trinajstić information content (AvgIpc) is 2.70. The molecule has 76 valence electrons. The first-order valence-electron chi connectivity index (χ1n) is 5.03. The van der Waals surface area contributed by atoms with Crippen LogP contribution in [-0.2, 0) is 0 Å². The van der Waals surface area contributed by atoms with Crippen molar-refractivity contribution in [3.8, 4) is 0 Å². The molecule has 2 heterocycles. The fourth-order valence-corrected chi connectivity index (χ4v) is 1.68. The quantitative estimate of drug-likeness (QED) is 0.663. The maximum Gasteiger partial charge on any atom is 0.123 e. The van der Waals surface area contributed by atoms with Crippen LogP contribution in [0.2, 0.25) is 0 Å². The van der Waals surface area contributed by atoms with Crippen molar-refractivity contribution in [1.82, 2.24) is 10.3 Å². The van der Waals surface area contributed by atoms with Crippen LogP contribution in [0.25, 0.3) is 0 Å². The third kappa shape index (κ3) is 2.35. The number of nitrogens with zero attached hydrogens (tertiary/aromatic N) is 1. The maximum atomic E-state index is 5.49. The van der Waals surface area contributed by atoms with E-state index in [4.69, 9.17) is 5.73 Å². The standard InChI is InChI=1S/C10H16N4/c11-10-4-3-9(7-14-10)13-6-8-2-1-5-12-8/h3-4,7-8,12-13H,1-2,5-6H2,(H2,11,14). The summed E-state index contributed by atoms with van der Waals surface area (Å²) in [5.41, 5.74) is 6.53. The molecule has 0 saturated carbocycles. The maximum absolute atomic E-state index is 5.49. The summed E-state index contributed by atoms with van der Waals surface area (Å²) in [5.74, 6) is 0.564. The van der Waals surface area contributed by atoms with Crippen molar-refractivity contribution in [2.75, 3.05) is 24.1 Å². The highest BCUT2D eigenvalue weighted by Gasteiger charge is 2.12. The highest BCUT2D eigenvalue weighted by atomic mass is 15.0. The molecule has 4 nitrogen and oxygen atoms in total. The van der Waals surface area contributed by atoms with E-state index < -0.39 is 0 Å². The minimum Gasteiger partial charge on any atom is -0.384 e. The summed E-state index contributed by atoms with van der Waals surface area (Å²) in [6.45, 7) is 2.11. The molecule has 1 aromatic rings. The van der Waals surface area contributed by atoms with Crippen molar-refractivity contribution in [3.05, 3.63) is 18.3 Å². The van der Waals surface area contributed by atoms with E-state index in [0.29, 0.717) is 11.9 Å². The van der Waals surface area contributed by atoms with Gasteiger partial charge >= 0.3 is 0 Å². The van der Waals surface area contributed by atoms with Crippen molar-refractivity contribution in [1.29, 1.82) is 0 Å². The first-order valence-corrected chi connectivity index (χ1v) is 5.03. The van der Waals surface area contributed by atoms with Crippen LogP contribution in [-0.4, -0.2) is 24.1 Å². The molecule has 1 fully saturated rings. The zero-order valence-electron chi connectivity index (χ0n) is 8.16. The molecule has 1 aliphatic rings. The first-order chi connectivity index (χ1) is 6.84. The van der Waals surface area contributed by atoms with Gasteiger partial charge in [-0.2, -0.15) is 0 Å². The van der Waals surface area contributed by atoms with Gasteiger partial charge < -0.3 is 16.4 Å². The number of rotatable bonds is 3. The van der Waals surface area contributed by atoms with Gasteiger partial charge in [0.2, 0.25) is 0 Å². The van der Waals surface area contributed by atoms with Crippen LogP contribution in [0.5, 0.6) is 0 Å². The fraction of sp³-hybridized carbons (Fsp3) is 0.500. The lowest BCUT2D eigenvalue weighted by atomic mass is 10.2. The van der Waals surface area contributed by atoms with Gasteiger partial charge in [0.05, 0.1) is 11.9 Å². The number of nitrogens with one attached hydrogen (secondary N) is 2. The Balaban J connectivity index is 1.82. The normalized spacial score (nSPS) is 21.0. The van der Waals surface area contributed by atoms with Gasteiger partial charge in [0.1, 0.15) is 5.82 Å². The van der Waals surface area contributed by atoms with Gasteiger partial charge in [-0.05, 0) is 31.5 Å². The molecule has 1 unspecified atom stereocenters. The van der Waals surface area contributed by atoms with Crippen LogP contribution in [0.15, 0.2) is 18.3 Å². The Kier molecular flexibility index (Phi) is 2.84. The molecule has 0 bridgehead atoms. The predicted molar refractivity (Wildman–Crippen MR) is 58.2 cm³/mol. The molecule has 0 aromatic carbocycles. The van der Waals surface area contributed by atoms with Crippen molar-refractivity contribution in [3.63, 3.8) is 0 Å². The van der Waals surface area contributed by atoms with E-state index in [-0.39, 0.29) is 0 Å². The van der Waals surface area contributed by atoms with Crippen LogP contribution in [0.4, 0.5) is 11.5 Å². The Morgan fingerprint density at radius 3 is 3.14 bits per heavy atom. The lowest BCUT2D eigenvalue weighted by Crippen LogP contribution is -2.29. The molecule has 1 saturated heterocycles. The lowest BCUT2D eigenvalue weighted by Gasteiger charge is -2.12. The molecule has 4 heteroatoms. The van der Waals surface area contributed by atoms with E-state index >= 15 is 0 Å². The number of aromatic nitrogens is 1. The Morgan fingerprint density at radius 1 is 1.57 bits per heavy atom. The lowest BCUT2D eigenvalue weighted by molar-refractivity contribution is 0.633. The molecule has 4 N–H and O–H groups in total. The molecule has 1 aliphatic heterocycles. The smallest absolute Gasteiger partial charge is 0.123 e. The second-order valence-electron chi connectivity index (χ2n) is 3.65. The van der Waals surface area contributed by atoms with E-state index in [1.54, 1.807) is 6.20 Å². The molecule has 0 aliphatic carbocycles. The number of nitrogen functional groups attached to an aromatic ring is 1. The van der Waals surface area contributed by atoms with Crippen molar-refractivity contribution in [2.24, 2.45) is 0 Å². The molecule has 0 spiro atoms. The van der Waals surface area contributed by atoms with Gasteiger partial charge in [0, 0.05) is 12.6 Å². The molecule has 2 rings (SSSR count). The summed E-state index contributed by atoms with van der Waals surface area (Å²) in [5, 5.41) is 6.76. The largest absolute Gasteiger partial charge is 0.384 e. The zero-order chi connectivity index (χ0) is 9.80. The van der Waals surface area contributed by atoms with Crippen molar-refractivity contribution in [2.45, 2.75) is 18.9 Å². The molecular formula is C10H16N4. The van der Waals surface area contributed by atoms with E-state index in [0.717, 1.165) is 18.8 Å². The van der Waals surface area contributed by atoms with Crippen LogP contribution in [0.1, 0.15) is 12.8 Å². The summed E-state index contributed by atoms with van der Waals surface area (Å²) in [6.07, 6.45) is 4.31. The van der Waals surface area contributed by atoms with Gasteiger partial charge in [0.25, 0.3) is 0 Å². The Bertz CT molecular complexity index is 277. The second-order valence-corrected chi connectivity index (χ2v) is 3.65. The van der Waals surface area contributed by atoms with Crippen molar-refractivity contribution >= 4 is 11.5 Å². The Morgan fingerprint density at radius 2 is 2.50 bits per heavy atom. The molecule has 14 heavy (non-hydrogen) atoms. The van der Waals surface area contributed by atoms with Gasteiger partial charge in [-0.1, -0.05) is 0 Å². The molecule has 1 aromatic heterocycles. The zero-order valence-corrected chi connectivity index (χ0v) is 8.16. The summed E-state index contributed by atoms with van der Waals surface area (Å²) in [7, 11) is 0. The van der Waals surface area contributed by atoms with Crippen LogP contribution >= 0.6 is 0 Å². The van der Waals surface area contributed by atoms with Gasteiger partial charge in [-0.3, -0.25) is 0 Å². The summed E-state index contributed by atoms with van der Waals surface area (Å²) >= 11 is 0. The minimum absolute atomic E-state index is 0.564. The number of hydrogen-bond acceptors (Lipinski definition) is 4. The molecule has 0 amide bonds. The first kappa shape index (κ1) is 9.27. The molecule has 0 radical (unpaired) electrons. The van der Waals surface area contributed by atoms with Gasteiger partial charge in [0.15, 0.2) is 0 Å². The van der Waals surface area contributed by atoms with Crippen molar-refractivity contribution < 1.29 is 0 Å². The van der Waals surface area contributed by atoms with E-state index in [2.05, 4.69) is 15.6 Å². The predicted octanol–water partition coefficient (Wildman–Crippen LogP) is 0.828. The van der Waals surface area contributed by atoms with Gasteiger partial charge in [-0.15, -0.1) is 0 Å². The third-order valence-corrected chi connectivity index (χ3v) is 2.50. The van der Waals surface area contributed by atoms with E-state index in [1.165, 1.54) is 12.8 Å². The van der Waals surface area contributed by atoms with E-state index in [1.807, 2.05) is 12.1 Å². The fourth-order valence-electron chi connectivity index (χ4n) is 1.68. The third-order valence-electron chi connectivity index (χ3n) is 2.50. The van der Waals surface area contributed by atoms with Crippen LogP contribution < -0.4 is 16.4 Å². The number of pyridine rings is 1. The SMILES string of the molecule is Nc1ccc(NCC2CCCN2)cn1. The molecule has 1 atom stereocenters. The summed E-state index contributed by atoms with van der Waals surface area (Å²) in [4.78, 5) is 4.02. The molecular weight excluding hydrogens is 176 g/mol. The van der Waals surface area contributed by atoms with E-state index in [9.17, 15) is 0 Å².